The Kier molecular flexibility index (Phi) is 8.23. The van der Waals surface area contributed by atoms with Crippen molar-refractivity contribution in [2.24, 2.45) is 4.99 Å². The molecule has 0 aromatic heterocycles. The van der Waals surface area contributed by atoms with Gasteiger partial charge >= 0.3 is 0 Å². The van der Waals surface area contributed by atoms with Crippen molar-refractivity contribution in [2.45, 2.75) is 19.6 Å². The molecule has 0 heterocycles. The zero-order valence-corrected chi connectivity index (χ0v) is 16.6. The van der Waals surface area contributed by atoms with Crippen molar-refractivity contribution in [1.82, 2.24) is 10.6 Å². The molecule has 0 saturated carbocycles. The van der Waals surface area contributed by atoms with E-state index in [1.807, 2.05) is 37.3 Å². The minimum absolute atomic E-state index is 0.295. The summed E-state index contributed by atoms with van der Waals surface area (Å²) in [4.78, 5) is 4.53. The van der Waals surface area contributed by atoms with Gasteiger partial charge in [0.1, 0.15) is 0 Å². The third-order valence-electron chi connectivity index (χ3n) is 3.96. The average Bonchev–Trinajstić information content (AvgIpc) is 2.70. The largest absolute Gasteiger partial charge is 0.493 e. The molecule has 0 fully saturated rings. The van der Waals surface area contributed by atoms with E-state index in [4.69, 9.17) is 21.1 Å². The Morgan fingerprint density at radius 2 is 1.85 bits per heavy atom. The van der Waals surface area contributed by atoms with Gasteiger partial charge < -0.3 is 25.2 Å². The van der Waals surface area contributed by atoms with E-state index in [1.54, 1.807) is 26.4 Å². The van der Waals surface area contributed by atoms with Crippen molar-refractivity contribution >= 4 is 17.6 Å². The van der Waals surface area contributed by atoms with Gasteiger partial charge in [0.05, 0.1) is 26.9 Å². The van der Waals surface area contributed by atoms with Crippen LogP contribution in [0.3, 0.4) is 0 Å². The fraction of sp³-hybridized carbons (Fsp3) is 0.350. The Bertz CT molecular complexity index is 768. The molecule has 0 aliphatic rings. The summed E-state index contributed by atoms with van der Waals surface area (Å²) in [5, 5.41) is 17.5. The number of aliphatic hydroxyl groups excluding tert-OH is 1. The first-order chi connectivity index (χ1) is 13.1. The molecule has 0 saturated heterocycles. The van der Waals surface area contributed by atoms with Crippen LogP contribution in [0.15, 0.2) is 47.5 Å². The van der Waals surface area contributed by atoms with Crippen molar-refractivity contribution < 1.29 is 14.6 Å². The molecule has 2 aromatic carbocycles. The van der Waals surface area contributed by atoms with E-state index in [0.29, 0.717) is 42.1 Å². The van der Waals surface area contributed by atoms with E-state index in [1.165, 1.54) is 0 Å². The highest BCUT2D eigenvalue weighted by Crippen LogP contribution is 2.29. The number of ether oxygens (including phenoxy) is 2. The highest BCUT2D eigenvalue weighted by Gasteiger charge is 2.12. The van der Waals surface area contributed by atoms with Gasteiger partial charge in [0, 0.05) is 18.1 Å². The van der Waals surface area contributed by atoms with Crippen LogP contribution >= 0.6 is 11.6 Å². The third-order valence-corrected chi connectivity index (χ3v) is 4.33. The number of benzene rings is 2. The predicted molar refractivity (Wildman–Crippen MR) is 109 cm³/mol. The van der Waals surface area contributed by atoms with E-state index in [2.05, 4.69) is 15.6 Å². The standard InChI is InChI=1S/C20H26ClN3O3/c1-4-22-20(23-12-15-7-5-6-8-16(15)21)24-13-17(25)14-9-10-18(26-2)19(11-14)27-3/h5-11,17,25H,4,12-13H2,1-3H3,(H2,22,23,24). The van der Waals surface area contributed by atoms with Crippen molar-refractivity contribution in [3.63, 3.8) is 0 Å². The number of aliphatic imine (C=N–C) groups is 1. The van der Waals surface area contributed by atoms with Crippen molar-refractivity contribution in [2.75, 3.05) is 27.3 Å². The van der Waals surface area contributed by atoms with E-state index >= 15 is 0 Å². The van der Waals surface area contributed by atoms with Gasteiger partial charge in [-0.15, -0.1) is 0 Å². The molecule has 2 rings (SSSR count). The maximum Gasteiger partial charge on any atom is 0.191 e. The number of hydrogen-bond donors (Lipinski definition) is 3. The lowest BCUT2D eigenvalue weighted by atomic mass is 10.1. The molecule has 1 atom stereocenters. The van der Waals surface area contributed by atoms with Gasteiger partial charge in [-0.1, -0.05) is 35.9 Å². The monoisotopic (exact) mass is 391 g/mol. The Morgan fingerprint density at radius 3 is 2.52 bits per heavy atom. The number of nitrogens with one attached hydrogen (secondary N) is 2. The summed E-state index contributed by atoms with van der Waals surface area (Å²) in [7, 11) is 3.14. The van der Waals surface area contributed by atoms with Gasteiger partial charge in [-0.05, 0) is 36.2 Å². The van der Waals surface area contributed by atoms with Gasteiger partial charge in [0.25, 0.3) is 0 Å². The van der Waals surface area contributed by atoms with Crippen LogP contribution in [0.4, 0.5) is 0 Å². The molecule has 27 heavy (non-hydrogen) atoms. The predicted octanol–water partition coefficient (Wildman–Crippen LogP) is 3.15. The van der Waals surface area contributed by atoms with Crippen LogP contribution in [0.1, 0.15) is 24.2 Å². The second kappa shape index (κ2) is 10.6. The first-order valence-electron chi connectivity index (χ1n) is 8.74. The van der Waals surface area contributed by atoms with Crippen LogP contribution in [-0.4, -0.2) is 38.4 Å². The summed E-state index contributed by atoms with van der Waals surface area (Å²) in [5.41, 5.74) is 1.67. The number of aliphatic hydroxyl groups is 1. The van der Waals surface area contributed by atoms with Crippen molar-refractivity contribution in [3.8, 4) is 11.5 Å². The second-order valence-electron chi connectivity index (χ2n) is 5.80. The Balaban J connectivity index is 2.02. The van der Waals surface area contributed by atoms with Crippen LogP contribution in [0, 0.1) is 0 Å². The maximum absolute atomic E-state index is 10.5. The molecule has 2 aromatic rings. The van der Waals surface area contributed by atoms with E-state index in [0.717, 1.165) is 11.1 Å². The number of rotatable bonds is 8. The summed E-state index contributed by atoms with van der Waals surface area (Å²) in [6.07, 6.45) is -0.728. The fourth-order valence-electron chi connectivity index (χ4n) is 2.50. The van der Waals surface area contributed by atoms with Gasteiger partial charge in [0.15, 0.2) is 17.5 Å². The minimum atomic E-state index is -0.728. The molecule has 0 spiro atoms. The average molecular weight is 392 g/mol. The molecular weight excluding hydrogens is 366 g/mol. The normalized spacial score (nSPS) is 12.4. The quantitative estimate of drug-likeness (QED) is 0.476. The van der Waals surface area contributed by atoms with Crippen LogP contribution in [0.2, 0.25) is 5.02 Å². The summed E-state index contributed by atoms with van der Waals surface area (Å²) < 4.78 is 10.5. The maximum atomic E-state index is 10.5. The molecule has 0 aliphatic heterocycles. The molecule has 6 nitrogen and oxygen atoms in total. The third kappa shape index (κ3) is 6.05. The van der Waals surface area contributed by atoms with Gasteiger partial charge in [-0.2, -0.15) is 0 Å². The first kappa shape index (κ1) is 20.9. The molecule has 0 amide bonds. The Hall–Kier alpha value is -2.44. The molecule has 0 radical (unpaired) electrons. The lowest BCUT2D eigenvalue weighted by molar-refractivity contribution is 0.180. The lowest BCUT2D eigenvalue weighted by Crippen LogP contribution is -2.39. The Labute approximate surface area is 165 Å². The SMILES string of the molecule is CCNC(=NCc1ccccc1Cl)NCC(O)c1ccc(OC)c(OC)c1. The minimum Gasteiger partial charge on any atom is -0.493 e. The summed E-state index contributed by atoms with van der Waals surface area (Å²) in [6.45, 7) is 3.43. The Morgan fingerprint density at radius 1 is 1.11 bits per heavy atom. The number of methoxy groups -OCH3 is 2. The number of nitrogens with zero attached hydrogens (tertiary/aromatic N) is 1. The first-order valence-corrected chi connectivity index (χ1v) is 9.12. The molecule has 3 N–H and O–H groups in total. The zero-order chi connectivity index (χ0) is 19.6. The van der Waals surface area contributed by atoms with E-state index < -0.39 is 6.10 Å². The highest BCUT2D eigenvalue weighted by molar-refractivity contribution is 6.31. The number of hydrogen-bond acceptors (Lipinski definition) is 4. The summed E-state index contributed by atoms with van der Waals surface area (Å²) in [5.74, 6) is 1.81. The molecule has 0 bridgehead atoms. The number of guanidine groups is 1. The van der Waals surface area contributed by atoms with Crippen LogP contribution < -0.4 is 20.1 Å². The lowest BCUT2D eigenvalue weighted by Gasteiger charge is -2.17. The van der Waals surface area contributed by atoms with Crippen LogP contribution in [0.5, 0.6) is 11.5 Å². The van der Waals surface area contributed by atoms with Gasteiger partial charge in [0.2, 0.25) is 0 Å². The smallest absolute Gasteiger partial charge is 0.191 e. The molecule has 146 valence electrons. The number of halogens is 1. The van der Waals surface area contributed by atoms with Gasteiger partial charge in [-0.25, -0.2) is 4.99 Å². The molecule has 1 unspecified atom stereocenters. The molecule has 0 aliphatic carbocycles. The summed E-state index contributed by atoms with van der Waals surface area (Å²) in [6, 6.07) is 12.9. The van der Waals surface area contributed by atoms with Crippen molar-refractivity contribution in [1.29, 1.82) is 0 Å². The van der Waals surface area contributed by atoms with Crippen molar-refractivity contribution in [3.05, 3.63) is 58.6 Å². The highest BCUT2D eigenvalue weighted by atomic mass is 35.5. The fourth-order valence-corrected chi connectivity index (χ4v) is 2.70. The van der Waals surface area contributed by atoms with E-state index in [9.17, 15) is 5.11 Å². The molecular formula is C20H26ClN3O3. The van der Waals surface area contributed by atoms with Crippen LogP contribution in [-0.2, 0) is 6.54 Å². The van der Waals surface area contributed by atoms with Crippen LogP contribution in [0.25, 0.3) is 0 Å². The molecule has 7 heteroatoms. The second-order valence-corrected chi connectivity index (χ2v) is 6.20. The zero-order valence-electron chi connectivity index (χ0n) is 15.8. The topological polar surface area (TPSA) is 75.1 Å². The van der Waals surface area contributed by atoms with E-state index in [-0.39, 0.29) is 0 Å². The van der Waals surface area contributed by atoms with Gasteiger partial charge in [-0.3, -0.25) is 0 Å². The summed E-state index contributed by atoms with van der Waals surface area (Å²) >= 11 is 6.17.